The quantitative estimate of drug-likeness (QED) is 0.762. The zero-order chi connectivity index (χ0) is 15.6. The first-order valence-electron chi connectivity index (χ1n) is 7.85. The van der Waals surface area contributed by atoms with Crippen molar-refractivity contribution >= 4 is 17.7 Å². The number of aromatic nitrogens is 2. The zero-order valence-corrected chi connectivity index (χ0v) is 12.9. The van der Waals surface area contributed by atoms with Crippen molar-refractivity contribution in [3.05, 3.63) is 11.8 Å². The van der Waals surface area contributed by atoms with Crippen LogP contribution in [-0.4, -0.2) is 40.7 Å². The summed E-state index contributed by atoms with van der Waals surface area (Å²) in [7, 11) is 0. The molecule has 7 nitrogen and oxygen atoms in total. The summed E-state index contributed by atoms with van der Waals surface area (Å²) in [5.74, 6) is 0.548. The van der Waals surface area contributed by atoms with Gasteiger partial charge < -0.3 is 21.1 Å². The summed E-state index contributed by atoms with van der Waals surface area (Å²) in [6, 6.07) is 0.375. The minimum atomic E-state index is -0.509. The van der Waals surface area contributed by atoms with E-state index in [-0.39, 0.29) is 5.54 Å². The SMILES string of the molecule is CC1(Nc2ncc(C(N)=O)c(NC3CCC3)n2)CCOCC1. The highest BCUT2D eigenvalue weighted by Gasteiger charge is 2.28. The van der Waals surface area contributed by atoms with E-state index in [1.807, 2.05) is 0 Å². The monoisotopic (exact) mass is 305 g/mol. The molecule has 0 radical (unpaired) electrons. The lowest BCUT2D eigenvalue weighted by Crippen LogP contribution is -2.41. The van der Waals surface area contributed by atoms with E-state index < -0.39 is 5.91 Å². The Morgan fingerprint density at radius 3 is 2.73 bits per heavy atom. The number of anilines is 2. The highest BCUT2D eigenvalue weighted by atomic mass is 16.5. The van der Waals surface area contributed by atoms with Gasteiger partial charge in [-0.3, -0.25) is 4.79 Å². The minimum Gasteiger partial charge on any atom is -0.381 e. The molecule has 2 aliphatic rings. The third-order valence-corrected chi connectivity index (χ3v) is 4.51. The van der Waals surface area contributed by atoms with Crippen molar-refractivity contribution in [1.82, 2.24) is 9.97 Å². The Balaban J connectivity index is 1.79. The second-order valence-corrected chi connectivity index (χ2v) is 6.39. The molecule has 120 valence electrons. The normalized spacial score (nSPS) is 21.0. The van der Waals surface area contributed by atoms with Gasteiger partial charge in [-0.15, -0.1) is 0 Å². The van der Waals surface area contributed by atoms with Crippen molar-refractivity contribution in [2.45, 2.75) is 50.6 Å². The number of carbonyl (C=O) groups is 1. The number of hydrogen-bond acceptors (Lipinski definition) is 6. The Morgan fingerprint density at radius 2 is 2.14 bits per heavy atom. The maximum Gasteiger partial charge on any atom is 0.254 e. The lowest BCUT2D eigenvalue weighted by Gasteiger charge is -2.34. The Labute approximate surface area is 130 Å². The molecule has 0 atom stereocenters. The molecule has 1 aromatic rings. The lowest BCUT2D eigenvalue weighted by atomic mass is 9.93. The van der Waals surface area contributed by atoms with Gasteiger partial charge in [0.2, 0.25) is 5.95 Å². The Morgan fingerprint density at radius 1 is 1.41 bits per heavy atom. The topological polar surface area (TPSA) is 102 Å². The molecule has 1 saturated heterocycles. The molecule has 0 unspecified atom stereocenters. The largest absolute Gasteiger partial charge is 0.381 e. The summed E-state index contributed by atoms with van der Waals surface area (Å²) in [5.41, 5.74) is 5.67. The molecule has 1 aromatic heterocycles. The second-order valence-electron chi connectivity index (χ2n) is 6.39. The number of ether oxygens (including phenoxy) is 1. The number of nitrogens with two attached hydrogens (primary N) is 1. The van der Waals surface area contributed by atoms with E-state index in [9.17, 15) is 4.79 Å². The van der Waals surface area contributed by atoms with E-state index in [4.69, 9.17) is 10.5 Å². The van der Waals surface area contributed by atoms with E-state index in [1.165, 1.54) is 12.6 Å². The van der Waals surface area contributed by atoms with Crippen LogP contribution in [0.5, 0.6) is 0 Å². The molecule has 3 rings (SSSR count). The fraction of sp³-hybridized carbons (Fsp3) is 0.667. The number of nitrogens with one attached hydrogen (secondary N) is 2. The molecular formula is C15H23N5O2. The van der Waals surface area contributed by atoms with Crippen LogP contribution in [-0.2, 0) is 4.74 Å². The average Bonchev–Trinajstić information content (AvgIpc) is 2.43. The van der Waals surface area contributed by atoms with Gasteiger partial charge in [-0.2, -0.15) is 4.98 Å². The van der Waals surface area contributed by atoms with Crippen LogP contribution in [0, 0.1) is 0 Å². The minimum absolute atomic E-state index is 0.0831. The van der Waals surface area contributed by atoms with Crippen LogP contribution in [0.1, 0.15) is 49.4 Å². The van der Waals surface area contributed by atoms with Gasteiger partial charge >= 0.3 is 0 Å². The van der Waals surface area contributed by atoms with Crippen molar-refractivity contribution in [3.63, 3.8) is 0 Å². The van der Waals surface area contributed by atoms with Crippen LogP contribution >= 0.6 is 0 Å². The summed E-state index contributed by atoms with van der Waals surface area (Å²) in [6.45, 7) is 3.60. The van der Waals surface area contributed by atoms with Crippen molar-refractivity contribution in [2.75, 3.05) is 23.8 Å². The number of hydrogen-bond donors (Lipinski definition) is 3. The molecule has 0 spiro atoms. The summed E-state index contributed by atoms with van der Waals surface area (Å²) in [5, 5.41) is 6.68. The maximum absolute atomic E-state index is 11.5. The standard InChI is InChI=1S/C15H23N5O2/c1-15(5-7-22-8-6-15)20-14-17-9-11(12(16)21)13(19-14)18-10-3-2-4-10/h9-10H,2-8H2,1H3,(H2,16,21)(H2,17,18,19,20). The van der Waals surface area contributed by atoms with Gasteiger partial charge in [0.15, 0.2) is 0 Å². The van der Waals surface area contributed by atoms with E-state index >= 15 is 0 Å². The predicted octanol–water partition coefficient (Wildman–Crippen LogP) is 1.52. The van der Waals surface area contributed by atoms with Crippen LogP contribution < -0.4 is 16.4 Å². The Bertz CT molecular complexity index is 553. The number of primary amides is 1. The molecule has 1 aliphatic carbocycles. The van der Waals surface area contributed by atoms with Gasteiger partial charge in [0, 0.05) is 31.0 Å². The fourth-order valence-corrected chi connectivity index (χ4v) is 2.70. The Hall–Kier alpha value is -1.89. The van der Waals surface area contributed by atoms with Crippen molar-refractivity contribution in [1.29, 1.82) is 0 Å². The third kappa shape index (κ3) is 3.30. The molecule has 22 heavy (non-hydrogen) atoms. The third-order valence-electron chi connectivity index (χ3n) is 4.51. The van der Waals surface area contributed by atoms with E-state index in [2.05, 4.69) is 27.5 Å². The van der Waals surface area contributed by atoms with Gasteiger partial charge in [0.25, 0.3) is 5.91 Å². The molecule has 2 heterocycles. The van der Waals surface area contributed by atoms with Gasteiger partial charge in [-0.1, -0.05) is 0 Å². The number of nitrogens with zero attached hydrogens (tertiary/aromatic N) is 2. The highest BCUT2D eigenvalue weighted by molar-refractivity contribution is 5.97. The molecule has 4 N–H and O–H groups in total. The van der Waals surface area contributed by atoms with Crippen molar-refractivity contribution in [3.8, 4) is 0 Å². The molecule has 7 heteroatoms. The maximum atomic E-state index is 11.5. The smallest absolute Gasteiger partial charge is 0.254 e. The summed E-state index contributed by atoms with van der Waals surface area (Å²) >= 11 is 0. The molecule has 0 bridgehead atoms. The average molecular weight is 305 g/mol. The van der Waals surface area contributed by atoms with Crippen LogP contribution in [0.15, 0.2) is 6.20 Å². The van der Waals surface area contributed by atoms with E-state index in [1.54, 1.807) is 0 Å². The molecule has 1 aliphatic heterocycles. The molecule has 0 aromatic carbocycles. The molecule has 1 amide bonds. The number of carbonyl (C=O) groups excluding carboxylic acids is 1. The van der Waals surface area contributed by atoms with Crippen molar-refractivity contribution < 1.29 is 9.53 Å². The van der Waals surface area contributed by atoms with Gasteiger partial charge in [0.1, 0.15) is 5.82 Å². The van der Waals surface area contributed by atoms with Gasteiger partial charge in [0.05, 0.1) is 5.56 Å². The molecule has 1 saturated carbocycles. The van der Waals surface area contributed by atoms with Crippen LogP contribution in [0.4, 0.5) is 11.8 Å². The van der Waals surface area contributed by atoms with E-state index in [0.29, 0.717) is 23.4 Å². The number of amides is 1. The van der Waals surface area contributed by atoms with Crippen molar-refractivity contribution in [2.24, 2.45) is 5.73 Å². The van der Waals surface area contributed by atoms with Gasteiger partial charge in [-0.25, -0.2) is 4.98 Å². The van der Waals surface area contributed by atoms with Crippen LogP contribution in [0.25, 0.3) is 0 Å². The summed E-state index contributed by atoms with van der Waals surface area (Å²) in [4.78, 5) is 20.3. The first kappa shape index (κ1) is 15.0. The Kier molecular flexibility index (Phi) is 4.15. The predicted molar refractivity (Wildman–Crippen MR) is 83.9 cm³/mol. The molecular weight excluding hydrogens is 282 g/mol. The fourth-order valence-electron chi connectivity index (χ4n) is 2.70. The van der Waals surface area contributed by atoms with Crippen LogP contribution in [0.2, 0.25) is 0 Å². The highest BCUT2D eigenvalue weighted by Crippen LogP contribution is 2.27. The van der Waals surface area contributed by atoms with E-state index in [0.717, 1.165) is 38.9 Å². The summed E-state index contributed by atoms with van der Waals surface area (Å²) < 4.78 is 5.40. The number of rotatable bonds is 5. The van der Waals surface area contributed by atoms with Gasteiger partial charge in [-0.05, 0) is 39.0 Å². The lowest BCUT2D eigenvalue weighted by molar-refractivity contribution is 0.0656. The first-order chi connectivity index (χ1) is 10.6. The first-order valence-corrected chi connectivity index (χ1v) is 7.85. The second kappa shape index (κ2) is 6.08. The summed E-state index contributed by atoms with van der Waals surface area (Å²) in [6.07, 6.45) is 6.71. The molecule has 2 fully saturated rings. The van der Waals surface area contributed by atoms with Crippen LogP contribution in [0.3, 0.4) is 0 Å². The zero-order valence-electron chi connectivity index (χ0n) is 12.9.